The predicted molar refractivity (Wildman–Crippen MR) is 88.8 cm³/mol. The van der Waals surface area contributed by atoms with E-state index in [0.717, 1.165) is 31.9 Å². The third-order valence-electron chi connectivity index (χ3n) is 3.29. The maximum Gasteiger partial charge on any atom is 0.248 e. The summed E-state index contributed by atoms with van der Waals surface area (Å²) in [6, 6.07) is 9.34. The molecule has 0 aliphatic heterocycles. The van der Waals surface area contributed by atoms with Gasteiger partial charge in [-0.3, -0.25) is 9.59 Å². The van der Waals surface area contributed by atoms with Crippen LogP contribution in [0.3, 0.4) is 0 Å². The first-order valence-corrected chi connectivity index (χ1v) is 8.13. The molecule has 0 saturated carbocycles. The molecule has 5 heteroatoms. The molecule has 0 saturated heterocycles. The molecular weight excluding hydrogens is 350 g/mol. The molecule has 1 N–H and O–H groups in total. The highest BCUT2D eigenvalue weighted by atomic mass is 79.9. The number of fused-ring (bicyclic) bond motifs is 1. The molecular formula is C16H12BrNO2S. The lowest BCUT2D eigenvalue weighted by Crippen LogP contribution is -2.08. The van der Waals surface area contributed by atoms with Crippen molar-refractivity contribution in [1.82, 2.24) is 0 Å². The lowest BCUT2D eigenvalue weighted by molar-refractivity contribution is -0.111. The van der Waals surface area contributed by atoms with Gasteiger partial charge in [-0.2, -0.15) is 0 Å². The van der Waals surface area contributed by atoms with Crippen LogP contribution in [0.5, 0.6) is 0 Å². The van der Waals surface area contributed by atoms with E-state index in [1.165, 1.54) is 6.08 Å². The van der Waals surface area contributed by atoms with E-state index in [2.05, 4.69) is 21.2 Å². The molecule has 0 bridgehead atoms. The molecule has 1 aliphatic rings. The van der Waals surface area contributed by atoms with Gasteiger partial charge in [-0.1, -0.05) is 0 Å². The molecule has 0 atom stereocenters. The quantitative estimate of drug-likeness (QED) is 0.828. The molecule has 0 radical (unpaired) electrons. The van der Waals surface area contributed by atoms with Gasteiger partial charge in [-0.15, -0.1) is 11.3 Å². The van der Waals surface area contributed by atoms with Gasteiger partial charge in [0, 0.05) is 28.6 Å². The Hall–Kier alpha value is -1.72. The number of nitrogens with one attached hydrogen (secondary N) is 1. The van der Waals surface area contributed by atoms with Crippen LogP contribution < -0.4 is 5.32 Å². The maximum atomic E-state index is 11.9. The van der Waals surface area contributed by atoms with Crippen molar-refractivity contribution in [2.75, 3.05) is 5.32 Å². The Balaban J connectivity index is 1.68. The molecule has 0 fully saturated rings. The van der Waals surface area contributed by atoms with Crippen LogP contribution in [-0.4, -0.2) is 11.7 Å². The number of anilines is 1. The van der Waals surface area contributed by atoms with Crippen molar-refractivity contribution < 1.29 is 9.59 Å². The van der Waals surface area contributed by atoms with Gasteiger partial charge >= 0.3 is 0 Å². The topological polar surface area (TPSA) is 46.2 Å². The number of amides is 1. The summed E-state index contributed by atoms with van der Waals surface area (Å²) >= 11 is 4.95. The van der Waals surface area contributed by atoms with Crippen molar-refractivity contribution in [1.29, 1.82) is 0 Å². The number of hydrogen-bond acceptors (Lipinski definition) is 3. The third-order valence-corrected chi connectivity index (χ3v) is 4.88. The normalized spacial score (nSPS) is 13.7. The van der Waals surface area contributed by atoms with E-state index < -0.39 is 0 Å². The van der Waals surface area contributed by atoms with Crippen molar-refractivity contribution in [2.45, 2.75) is 12.8 Å². The van der Waals surface area contributed by atoms with Gasteiger partial charge in [0.1, 0.15) is 0 Å². The van der Waals surface area contributed by atoms with Gasteiger partial charge in [-0.25, -0.2) is 0 Å². The summed E-state index contributed by atoms with van der Waals surface area (Å²) in [6.45, 7) is 0. The second kappa shape index (κ2) is 5.95. The van der Waals surface area contributed by atoms with Crippen LogP contribution in [-0.2, 0) is 11.2 Å². The smallest absolute Gasteiger partial charge is 0.248 e. The first-order chi connectivity index (χ1) is 10.1. The minimum absolute atomic E-state index is 0.177. The number of halogens is 1. The number of Topliss-reactive ketones (excluding diaryl/α,β-unsaturated/α-hetero) is 1. The zero-order valence-corrected chi connectivity index (χ0v) is 13.5. The Morgan fingerprint density at radius 1 is 1.24 bits per heavy atom. The Labute approximate surface area is 134 Å². The minimum Gasteiger partial charge on any atom is -0.323 e. The number of rotatable bonds is 3. The highest BCUT2D eigenvalue weighted by Crippen LogP contribution is 2.25. The Morgan fingerprint density at radius 2 is 2.10 bits per heavy atom. The fourth-order valence-electron chi connectivity index (χ4n) is 2.29. The summed E-state index contributed by atoms with van der Waals surface area (Å²) in [4.78, 5) is 24.5. The van der Waals surface area contributed by atoms with E-state index in [0.29, 0.717) is 6.42 Å². The van der Waals surface area contributed by atoms with Gasteiger partial charge in [0.15, 0.2) is 5.78 Å². The SMILES string of the molecule is O=C(/C=C/c1ccc(Br)s1)Nc1ccc2c(c1)CCC2=O. The standard InChI is InChI=1S/C16H12BrNO2S/c17-15-7-3-12(21-15)4-8-16(20)18-11-2-5-13-10(9-11)1-6-14(13)19/h2-5,7-9H,1,6H2,(H,18,20)/b8-4+. The van der Waals surface area contributed by atoms with E-state index in [-0.39, 0.29) is 11.7 Å². The lowest BCUT2D eigenvalue weighted by Gasteiger charge is -2.04. The van der Waals surface area contributed by atoms with Crippen molar-refractivity contribution in [2.24, 2.45) is 0 Å². The Morgan fingerprint density at radius 3 is 2.86 bits per heavy atom. The summed E-state index contributed by atoms with van der Waals surface area (Å²) in [5.41, 5.74) is 2.53. The first-order valence-electron chi connectivity index (χ1n) is 6.52. The summed E-state index contributed by atoms with van der Waals surface area (Å²) < 4.78 is 1.03. The maximum absolute atomic E-state index is 11.9. The van der Waals surface area contributed by atoms with E-state index >= 15 is 0 Å². The molecule has 21 heavy (non-hydrogen) atoms. The first kappa shape index (κ1) is 14.2. The Bertz CT molecular complexity index is 748. The zero-order valence-electron chi connectivity index (χ0n) is 11.1. The molecule has 3 rings (SSSR count). The highest BCUT2D eigenvalue weighted by molar-refractivity contribution is 9.11. The average Bonchev–Trinajstić information content (AvgIpc) is 3.03. The average molecular weight is 362 g/mol. The van der Waals surface area contributed by atoms with Crippen molar-refractivity contribution in [3.63, 3.8) is 0 Å². The summed E-state index contributed by atoms with van der Waals surface area (Å²) in [5.74, 6) is 0.00911. The van der Waals surface area contributed by atoms with Gasteiger partial charge < -0.3 is 5.32 Å². The highest BCUT2D eigenvalue weighted by Gasteiger charge is 2.19. The number of carbonyl (C=O) groups excluding carboxylic acids is 2. The van der Waals surface area contributed by atoms with Gasteiger partial charge in [0.2, 0.25) is 5.91 Å². The van der Waals surface area contributed by atoms with Crippen LogP contribution in [0.2, 0.25) is 0 Å². The van der Waals surface area contributed by atoms with E-state index in [1.807, 2.05) is 18.2 Å². The van der Waals surface area contributed by atoms with Gasteiger partial charge in [0.25, 0.3) is 0 Å². The minimum atomic E-state index is -0.177. The predicted octanol–water partition coefficient (Wildman–Crippen LogP) is 4.29. The van der Waals surface area contributed by atoms with Crippen LogP contribution in [0.25, 0.3) is 6.08 Å². The number of ketones is 1. The molecule has 0 spiro atoms. The van der Waals surface area contributed by atoms with E-state index in [1.54, 1.807) is 29.5 Å². The summed E-state index contributed by atoms with van der Waals surface area (Å²) in [5, 5.41) is 2.82. The number of thiophene rings is 1. The van der Waals surface area contributed by atoms with Crippen molar-refractivity contribution >= 4 is 50.7 Å². The molecule has 1 aromatic carbocycles. The van der Waals surface area contributed by atoms with Crippen LogP contribution in [0.1, 0.15) is 27.2 Å². The van der Waals surface area contributed by atoms with Crippen LogP contribution in [0.15, 0.2) is 40.2 Å². The number of carbonyl (C=O) groups is 2. The van der Waals surface area contributed by atoms with Crippen LogP contribution >= 0.6 is 27.3 Å². The summed E-state index contributed by atoms with van der Waals surface area (Å²) in [7, 11) is 0. The molecule has 1 aliphatic carbocycles. The van der Waals surface area contributed by atoms with Crippen molar-refractivity contribution in [3.8, 4) is 0 Å². The van der Waals surface area contributed by atoms with E-state index in [9.17, 15) is 9.59 Å². The summed E-state index contributed by atoms with van der Waals surface area (Å²) in [6.07, 6.45) is 4.62. The second-order valence-electron chi connectivity index (χ2n) is 4.76. The molecule has 1 heterocycles. The monoisotopic (exact) mass is 361 g/mol. The van der Waals surface area contributed by atoms with Gasteiger partial charge in [0.05, 0.1) is 3.79 Å². The third kappa shape index (κ3) is 3.31. The van der Waals surface area contributed by atoms with Crippen molar-refractivity contribution in [3.05, 3.63) is 56.2 Å². The fraction of sp³-hybridized carbons (Fsp3) is 0.125. The fourth-order valence-corrected chi connectivity index (χ4v) is 3.62. The Kier molecular flexibility index (Phi) is 4.03. The second-order valence-corrected chi connectivity index (χ2v) is 7.25. The molecule has 1 aromatic heterocycles. The largest absolute Gasteiger partial charge is 0.323 e. The molecule has 3 nitrogen and oxygen atoms in total. The number of hydrogen-bond donors (Lipinski definition) is 1. The molecule has 0 unspecified atom stereocenters. The van der Waals surface area contributed by atoms with Crippen LogP contribution in [0, 0.1) is 0 Å². The molecule has 2 aromatic rings. The lowest BCUT2D eigenvalue weighted by atomic mass is 10.1. The zero-order chi connectivity index (χ0) is 14.8. The number of aryl methyl sites for hydroxylation is 1. The number of benzene rings is 1. The van der Waals surface area contributed by atoms with E-state index in [4.69, 9.17) is 0 Å². The molecule has 1 amide bonds. The van der Waals surface area contributed by atoms with Crippen LogP contribution in [0.4, 0.5) is 5.69 Å². The van der Waals surface area contributed by atoms with Gasteiger partial charge in [-0.05, 0) is 64.3 Å². The molecule has 106 valence electrons.